The Balaban J connectivity index is 2.15. The van der Waals surface area contributed by atoms with Gasteiger partial charge in [-0.25, -0.2) is 0 Å². The molecule has 28 heavy (non-hydrogen) atoms. The summed E-state index contributed by atoms with van der Waals surface area (Å²) in [7, 11) is 4.79. The molecule has 0 aliphatic rings. The molecule has 0 saturated heterocycles. The summed E-state index contributed by atoms with van der Waals surface area (Å²) in [5.74, 6) is 0.464. The van der Waals surface area contributed by atoms with Crippen LogP contribution in [0.25, 0.3) is 0 Å². The Labute approximate surface area is 178 Å². The number of nitrogens with one attached hydrogen (secondary N) is 1. The molecule has 6 nitrogen and oxygen atoms in total. The predicted molar refractivity (Wildman–Crippen MR) is 114 cm³/mol. The minimum Gasteiger partial charge on any atom is -0.497 e. The molecule has 0 spiro atoms. The fourth-order valence-corrected chi connectivity index (χ4v) is 3.89. The highest BCUT2D eigenvalue weighted by Crippen LogP contribution is 2.24. The Hall–Kier alpha value is -2.06. The van der Waals surface area contributed by atoms with Crippen molar-refractivity contribution >= 4 is 39.1 Å². The molecule has 1 aromatic heterocycles. The van der Waals surface area contributed by atoms with Crippen molar-refractivity contribution in [1.29, 1.82) is 0 Å². The Kier molecular flexibility index (Phi) is 7.88. The summed E-state index contributed by atoms with van der Waals surface area (Å²) in [6.45, 7) is 4.29. The molecule has 0 saturated carbocycles. The van der Waals surface area contributed by atoms with Gasteiger partial charge in [0.15, 0.2) is 0 Å². The van der Waals surface area contributed by atoms with Gasteiger partial charge in [-0.3, -0.25) is 9.59 Å². The maximum absolute atomic E-state index is 13.0. The number of carbonyl (C=O) groups excluding carboxylic acids is 2. The van der Waals surface area contributed by atoms with E-state index in [2.05, 4.69) is 21.2 Å². The van der Waals surface area contributed by atoms with E-state index in [0.717, 1.165) is 9.35 Å². The van der Waals surface area contributed by atoms with Gasteiger partial charge >= 0.3 is 0 Å². The number of amides is 2. The van der Waals surface area contributed by atoms with Gasteiger partial charge in [0.25, 0.3) is 5.91 Å². The van der Waals surface area contributed by atoms with Gasteiger partial charge in [0, 0.05) is 25.2 Å². The highest BCUT2D eigenvalue weighted by atomic mass is 79.9. The Morgan fingerprint density at radius 1 is 1.14 bits per heavy atom. The summed E-state index contributed by atoms with van der Waals surface area (Å²) in [5, 5.41) is 4.86. The number of benzene rings is 1. The average Bonchev–Trinajstić information content (AvgIpc) is 3.08. The fraction of sp³-hybridized carbons (Fsp3) is 0.400. The number of hydrogen-bond acceptors (Lipinski definition) is 5. The van der Waals surface area contributed by atoms with Gasteiger partial charge in [0.2, 0.25) is 5.91 Å². The fourth-order valence-electron chi connectivity index (χ4n) is 2.69. The van der Waals surface area contributed by atoms with Crippen LogP contribution in [0.5, 0.6) is 11.5 Å². The summed E-state index contributed by atoms with van der Waals surface area (Å²) in [6, 6.07) is 6.27. The van der Waals surface area contributed by atoms with E-state index >= 15 is 0 Å². The zero-order valence-corrected chi connectivity index (χ0v) is 19.0. The van der Waals surface area contributed by atoms with Gasteiger partial charge in [-0.05, 0) is 51.0 Å². The number of likely N-dealkylation sites (N-methyl/N-ethyl adjacent to an activating group) is 1. The standard InChI is InChI=1S/C20H25BrN2O4S/c1-12(2)18(20(25)23(3)10-13-6-17(21)28-11-13)22-19(24)14-7-15(26-4)9-16(8-14)27-5/h6-9,11-12,18H,10H2,1-5H3,(H,22,24). The largest absolute Gasteiger partial charge is 0.497 e. The van der Waals surface area contributed by atoms with Gasteiger partial charge < -0.3 is 19.7 Å². The Bertz CT molecular complexity index is 815. The van der Waals surface area contributed by atoms with E-state index in [0.29, 0.717) is 23.6 Å². The maximum Gasteiger partial charge on any atom is 0.252 e. The first-order valence-corrected chi connectivity index (χ1v) is 10.4. The zero-order chi connectivity index (χ0) is 20.8. The van der Waals surface area contributed by atoms with Crippen LogP contribution in [0, 0.1) is 5.92 Å². The number of methoxy groups -OCH3 is 2. The number of rotatable bonds is 8. The van der Waals surface area contributed by atoms with Crippen LogP contribution in [0.2, 0.25) is 0 Å². The number of thiophene rings is 1. The van der Waals surface area contributed by atoms with Crippen LogP contribution in [0.1, 0.15) is 29.8 Å². The van der Waals surface area contributed by atoms with E-state index in [-0.39, 0.29) is 17.7 Å². The first-order chi connectivity index (χ1) is 13.2. The van der Waals surface area contributed by atoms with E-state index in [1.807, 2.05) is 25.3 Å². The van der Waals surface area contributed by atoms with Gasteiger partial charge in [0.05, 0.1) is 18.0 Å². The van der Waals surface area contributed by atoms with Crippen LogP contribution in [-0.4, -0.2) is 44.0 Å². The first kappa shape index (κ1) is 22.2. The molecule has 1 unspecified atom stereocenters. The smallest absolute Gasteiger partial charge is 0.252 e. The molecule has 0 fully saturated rings. The van der Waals surface area contributed by atoms with Crippen molar-refractivity contribution in [3.05, 3.63) is 44.6 Å². The second-order valence-electron chi connectivity index (χ2n) is 6.75. The van der Waals surface area contributed by atoms with E-state index in [1.54, 1.807) is 41.5 Å². The third-order valence-corrected chi connectivity index (χ3v) is 5.80. The molecular formula is C20H25BrN2O4S. The van der Waals surface area contributed by atoms with Crippen LogP contribution in [0.4, 0.5) is 0 Å². The predicted octanol–water partition coefficient (Wildman–Crippen LogP) is 3.94. The molecule has 2 aromatic rings. The minimum absolute atomic E-state index is 0.0689. The van der Waals surface area contributed by atoms with Gasteiger partial charge in [-0.1, -0.05) is 13.8 Å². The molecular weight excluding hydrogens is 444 g/mol. The van der Waals surface area contributed by atoms with Crippen LogP contribution in [-0.2, 0) is 11.3 Å². The lowest BCUT2D eigenvalue weighted by molar-refractivity contribution is -0.133. The molecule has 1 atom stereocenters. The van der Waals surface area contributed by atoms with Crippen LogP contribution >= 0.6 is 27.3 Å². The number of ether oxygens (including phenoxy) is 2. The Morgan fingerprint density at radius 2 is 1.75 bits per heavy atom. The normalized spacial score (nSPS) is 11.8. The summed E-state index contributed by atoms with van der Waals surface area (Å²) >= 11 is 5.00. The highest BCUT2D eigenvalue weighted by molar-refractivity contribution is 9.11. The van der Waals surface area contributed by atoms with E-state index in [4.69, 9.17) is 9.47 Å². The summed E-state index contributed by atoms with van der Waals surface area (Å²) in [6.07, 6.45) is 0. The van der Waals surface area contributed by atoms with Crippen LogP contribution < -0.4 is 14.8 Å². The number of hydrogen-bond donors (Lipinski definition) is 1. The molecule has 1 aromatic carbocycles. The second kappa shape index (κ2) is 9.93. The summed E-state index contributed by atoms with van der Waals surface area (Å²) < 4.78 is 11.4. The third-order valence-electron chi connectivity index (χ3n) is 4.25. The molecule has 0 aliphatic carbocycles. The van der Waals surface area contributed by atoms with Crippen molar-refractivity contribution in [2.24, 2.45) is 5.92 Å². The number of nitrogens with zero attached hydrogens (tertiary/aromatic N) is 1. The van der Waals surface area contributed by atoms with E-state index in [1.165, 1.54) is 14.2 Å². The van der Waals surface area contributed by atoms with Crippen LogP contribution in [0.3, 0.4) is 0 Å². The molecule has 0 bridgehead atoms. The molecule has 0 radical (unpaired) electrons. The first-order valence-electron chi connectivity index (χ1n) is 8.77. The SMILES string of the molecule is COc1cc(OC)cc(C(=O)NC(C(=O)N(C)Cc2csc(Br)c2)C(C)C)c1. The van der Waals surface area contributed by atoms with Crippen molar-refractivity contribution in [2.45, 2.75) is 26.4 Å². The van der Waals surface area contributed by atoms with Gasteiger partial charge in [-0.2, -0.15) is 0 Å². The highest BCUT2D eigenvalue weighted by Gasteiger charge is 2.28. The van der Waals surface area contributed by atoms with Gasteiger partial charge in [-0.15, -0.1) is 11.3 Å². The van der Waals surface area contributed by atoms with E-state index < -0.39 is 6.04 Å². The lowest BCUT2D eigenvalue weighted by atomic mass is 10.0. The summed E-state index contributed by atoms with van der Waals surface area (Å²) in [5.41, 5.74) is 1.41. The Morgan fingerprint density at radius 3 is 2.21 bits per heavy atom. The monoisotopic (exact) mass is 468 g/mol. The molecule has 1 N–H and O–H groups in total. The third kappa shape index (κ3) is 5.72. The average molecular weight is 469 g/mol. The molecule has 2 rings (SSSR count). The lowest BCUT2D eigenvalue weighted by Gasteiger charge is -2.27. The van der Waals surface area contributed by atoms with Crippen molar-refractivity contribution in [3.8, 4) is 11.5 Å². The quantitative estimate of drug-likeness (QED) is 0.636. The lowest BCUT2D eigenvalue weighted by Crippen LogP contribution is -2.50. The second-order valence-corrected chi connectivity index (χ2v) is 9.04. The van der Waals surface area contributed by atoms with Crippen LogP contribution in [0.15, 0.2) is 33.4 Å². The molecule has 152 valence electrons. The zero-order valence-electron chi connectivity index (χ0n) is 16.6. The maximum atomic E-state index is 13.0. The number of halogens is 1. The minimum atomic E-state index is -0.642. The van der Waals surface area contributed by atoms with Crippen molar-refractivity contribution in [2.75, 3.05) is 21.3 Å². The molecule has 2 amide bonds. The number of carbonyl (C=O) groups is 2. The molecule has 8 heteroatoms. The summed E-state index contributed by atoms with van der Waals surface area (Å²) in [4.78, 5) is 27.4. The molecule has 1 heterocycles. The van der Waals surface area contributed by atoms with Crippen molar-refractivity contribution in [1.82, 2.24) is 10.2 Å². The topological polar surface area (TPSA) is 67.9 Å². The molecule has 0 aliphatic heterocycles. The van der Waals surface area contributed by atoms with E-state index in [9.17, 15) is 9.59 Å². The van der Waals surface area contributed by atoms with Crippen molar-refractivity contribution < 1.29 is 19.1 Å². The van der Waals surface area contributed by atoms with Gasteiger partial charge in [0.1, 0.15) is 17.5 Å². The van der Waals surface area contributed by atoms with Crippen molar-refractivity contribution in [3.63, 3.8) is 0 Å².